The SMILES string of the molecule is C1=C(c2cncc(-c3ccccc3)c2)CNc2c3c(c4nccnc4c21)C=C(N1c2ccccc2Sc2ccccc21)CN3. The van der Waals surface area contributed by atoms with Gasteiger partial charge in [-0.05, 0) is 59.2 Å². The Morgan fingerprint density at radius 1 is 0.614 bits per heavy atom. The van der Waals surface area contributed by atoms with Gasteiger partial charge in [-0.1, -0.05) is 66.4 Å². The minimum Gasteiger partial charge on any atom is -0.379 e. The summed E-state index contributed by atoms with van der Waals surface area (Å²) in [6.07, 6.45) is 12.0. The second-order valence-electron chi connectivity index (χ2n) is 11.0. The third-order valence-corrected chi connectivity index (χ3v) is 9.59. The standard InChI is InChI=1S/C37H26N6S/c1-2-8-23(9-3-1)24-16-25(20-38-19-24)26-17-28-34-35(40-15-14-39-34)29-18-27(22-42-37(29)36(28)41-21-26)43-30-10-4-6-12-32(30)44-33-13-7-5-11-31(33)43/h1-20,41-42H,21-22H2. The molecule has 9 rings (SSSR count). The molecule has 3 aliphatic rings. The number of pyridine rings is 1. The fraction of sp³-hybridized carbons (Fsp3) is 0.0541. The summed E-state index contributed by atoms with van der Waals surface area (Å²) < 4.78 is 0. The third kappa shape index (κ3) is 4.01. The molecule has 7 heteroatoms. The number of fused-ring (bicyclic) bond motifs is 8. The van der Waals surface area contributed by atoms with E-state index in [4.69, 9.17) is 9.97 Å². The third-order valence-electron chi connectivity index (χ3n) is 8.46. The van der Waals surface area contributed by atoms with Crippen molar-refractivity contribution in [2.24, 2.45) is 0 Å². The van der Waals surface area contributed by atoms with Crippen molar-refractivity contribution >= 4 is 63.3 Å². The van der Waals surface area contributed by atoms with Crippen molar-refractivity contribution in [3.8, 4) is 11.1 Å². The predicted octanol–water partition coefficient (Wildman–Crippen LogP) is 8.73. The fourth-order valence-electron chi connectivity index (χ4n) is 6.44. The van der Waals surface area contributed by atoms with Gasteiger partial charge in [0.05, 0.1) is 40.3 Å². The van der Waals surface area contributed by atoms with Gasteiger partial charge in [-0.2, -0.15) is 0 Å². The number of para-hydroxylation sites is 2. The number of anilines is 4. The minimum absolute atomic E-state index is 0.680. The van der Waals surface area contributed by atoms with Gasteiger partial charge in [0.15, 0.2) is 0 Å². The van der Waals surface area contributed by atoms with Gasteiger partial charge in [0.2, 0.25) is 0 Å². The largest absolute Gasteiger partial charge is 0.379 e. The highest BCUT2D eigenvalue weighted by atomic mass is 32.2. The van der Waals surface area contributed by atoms with Gasteiger partial charge in [0.25, 0.3) is 0 Å². The first-order valence-electron chi connectivity index (χ1n) is 14.7. The van der Waals surface area contributed by atoms with Crippen LogP contribution in [0.5, 0.6) is 0 Å². The molecule has 3 aliphatic heterocycles. The molecule has 2 N–H and O–H groups in total. The zero-order valence-corrected chi connectivity index (χ0v) is 24.5. The van der Waals surface area contributed by atoms with E-state index in [1.807, 2.05) is 30.2 Å². The molecule has 0 atom stereocenters. The van der Waals surface area contributed by atoms with Crippen molar-refractivity contribution in [1.82, 2.24) is 15.0 Å². The molecule has 5 heterocycles. The Bertz CT molecular complexity index is 2130. The zero-order chi connectivity index (χ0) is 29.0. The van der Waals surface area contributed by atoms with Crippen LogP contribution < -0.4 is 15.5 Å². The normalized spacial score (nSPS) is 14.7. The molecule has 0 bridgehead atoms. The second-order valence-corrected chi connectivity index (χ2v) is 12.1. The molecule has 0 fully saturated rings. The molecule has 0 aliphatic carbocycles. The van der Waals surface area contributed by atoms with Crippen molar-refractivity contribution in [3.05, 3.63) is 132 Å². The van der Waals surface area contributed by atoms with Crippen molar-refractivity contribution < 1.29 is 0 Å². The van der Waals surface area contributed by atoms with Crippen LogP contribution in [0.4, 0.5) is 22.7 Å². The first-order chi connectivity index (χ1) is 21.8. The lowest BCUT2D eigenvalue weighted by atomic mass is 9.92. The molecule has 0 saturated carbocycles. The summed E-state index contributed by atoms with van der Waals surface area (Å²) in [7, 11) is 0. The first-order valence-corrected chi connectivity index (χ1v) is 15.5. The molecule has 4 aromatic carbocycles. The highest BCUT2D eigenvalue weighted by molar-refractivity contribution is 7.99. The number of nitrogens with zero attached hydrogens (tertiary/aromatic N) is 4. The van der Waals surface area contributed by atoms with E-state index in [1.54, 1.807) is 12.4 Å². The number of nitrogens with one attached hydrogen (secondary N) is 2. The fourth-order valence-corrected chi connectivity index (χ4v) is 7.50. The lowest BCUT2D eigenvalue weighted by molar-refractivity contribution is 1.04. The van der Waals surface area contributed by atoms with Crippen molar-refractivity contribution in [1.29, 1.82) is 0 Å². The summed E-state index contributed by atoms with van der Waals surface area (Å²) in [5.74, 6) is 0. The summed E-state index contributed by atoms with van der Waals surface area (Å²) in [5, 5.41) is 7.53. The van der Waals surface area contributed by atoms with Gasteiger partial charge in [-0.25, -0.2) is 0 Å². The molecular formula is C37H26N6S. The highest BCUT2D eigenvalue weighted by Gasteiger charge is 2.30. The lowest BCUT2D eigenvalue weighted by Crippen LogP contribution is -2.27. The monoisotopic (exact) mass is 586 g/mol. The second kappa shape index (κ2) is 10.1. The Morgan fingerprint density at radius 3 is 1.95 bits per heavy atom. The van der Waals surface area contributed by atoms with Crippen LogP contribution in [0.3, 0.4) is 0 Å². The Morgan fingerprint density at radius 2 is 1.23 bits per heavy atom. The van der Waals surface area contributed by atoms with Crippen molar-refractivity contribution in [2.75, 3.05) is 28.6 Å². The quantitative estimate of drug-likeness (QED) is 0.215. The molecule has 0 spiro atoms. The van der Waals surface area contributed by atoms with E-state index in [9.17, 15) is 0 Å². The molecule has 6 aromatic rings. The maximum absolute atomic E-state index is 4.88. The maximum Gasteiger partial charge on any atom is 0.0988 e. The number of hydrogen-bond acceptors (Lipinski definition) is 7. The van der Waals surface area contributed by atoms with Crippen molar-refractivity contribution in [2.45, 2.75) is 9.79 Å². The van der Waals surface area contributed by atoms with Crippen LogP contribution in [0, 0.1) is 0 Å². The van der Waals surface area contributed by atoms with E-state index in [1.165, 1.54) is 32.4 Å². The Hall–Kier alpha value is -5.40. The van der Waals surface area contributed by atoms with Gasteiger partial charge in [0, 0.05) is 63.5 Å². The molecule has 210 valence electrons. The van der Waals surface area contributed by atoms with Gasteiger partial charge in [0.1, 0.15) is 0 Å². The average molecular weight is 587 g/mol. The van der Waals surface area contributed by atoms with Gasteiger partial charge >= 0.3 is 0 Å². The predicted molar refractivity (Wildman–Crippen MR) is 181 cm³/mol. The topological polar surface area (TPSA) is 66.0 Å². The highest BCUT2D eigenvalue weighted by Crippen LogP contribution is 2.51. The zero-order valence-electron chi connectivity index (χ0n) is 23.7. The Kier molecular flexibility index (Phi) is 5.77. The van der Waals surface area contributed by atoms with Crippen LogP contribution in [-0.2, 0) is 0 Å². The molecular weight excluding hydrogens is 561 g/mol. The van der Waals surface area contributed by atoms with E-state index in [0.29, 0.717) is 13.1 Å². The first kappa shape index (κ1) is 25.1. The number of aromatic nitrogens is 3. The van der Waals surface area contributed by atoms with Crippen LogP contribution >= 0.6 is 11.8 Å². The molecule has 0 saturated heterocycles. The molecule has 0 amide bonds. The van der Waals surface area contributed by atoms with E-state index in [-0.39, 0.29) is 0 Å². The smallest absolute Gasteiger partial charge is 0.0988 e. The van der Waals surface area contributed by atoms with Crippen LogP contribution in [0.2, 0.25) is 0 Å². The molecule has 6 nitrogen and oxygen atoms in total. The average Bonchev–Trinajstić information content (AvgIpc) is 3.10. The molecule has 0 radical (unpaired) electrons. The van der Waals surface area contributed by atoms with Crippen molar-refractivity contribution in [3.63, 3.8) is 0 Å². The van der Waals surface area contributed by atoms with E-state index >= 15 is 0 Å². The van der Waals surface area contributed by atoms with Crippen LogP contribution in [0.15, 0.2) is 125 Å². The van der Waals surface area contributed by atoms with E-state index in [0.717, 1.165) is 50.2 Å². The maximum atomic E-state index is 4.88. The van der Waals surface area contributed by atoms with E-state index in [2.05, 4.69) is 112 Å². The van der Waals surface area contributed by atoms with Crippen LogP contribution in [-0.4, -0.2) is 28.0 Å². The van der Waals surface area contributed by atoms with Gasteiger partial charge in [-0.3, -0.25) is 15.0 Å². The number of hydrogen-bond donors (Lipinski definition) is 2. The van der Waals surface area contributed by atoms with Crippen LogP contribution in [0.25, 0.3) is 39.9 Å². The molecule has 2 aromatic heterocycles. The van der Waals surface area contributed by atoms with Gasteiger partial charge < -0.3 is 15.5 Å². The summed E-state index contributed by atoms with van der Waals surface area (Å²) in [6, 6.07) is 29.8. The minimum atomic E-state index is 0.680. The number of benzene rings is 4. The summed E-state index contributed by atoms with van der Waals surface area (Å²) >= 11 is 1.82. The summed E-state index contributed by atoms with van der Waals surface area (Å²) in [6.45, 7) is 1.37. The molecule has 0 unspecified atom stereocenters. The number of rotatable bonds is 3. The van der Waals surface area contributed by atoms with E-state index < -0.39 is 0 Å². The summed E-state index contributed by atoms with van der Waals surface area (Å²) in [5.41, 5.74) is 14.1. The Balaban J connectivity index is 1.18. The van der Waals surface area contributed by atoms with Crippen LogP contribution in [0.1, 0.15) is 16.7 Å². The lowest BCUT2D eigenvalue weighted by Gasteiger charge is -2.37. The Labute approximate surface area is 259 Å². The summed E-state index contributed by atoms with van der Waals surface area (Å²) in [4.78, 5) is 19.2. The van der Waals surface area contributed by atoms with Gasteiger partial charge in [-0.15, -0.1) is 0 Å². The molecule has 44 heavy (non-hydrogen) atoms.